The van der Waals surface area contributed by atoms with Gasteiger partial charge >= 0.3 is 0 Å². The van der Waals surface area contributed by atoms with E-state index in [1.807, 2.05) is 30.5 Å². The Labute approximate surface area is 152 Å². The van der Waals surface area contributed by atoms with Crippen LogP contribution in [0.15, 0.2) is 55.1 Å². The summed E-state index contributed by atoms with van der Waals surface area (Å²) in [5, 5.41) is 3.55. The Morgan fingerprint density at radius 2 is 2.00 bits per heavy atom. The van der Waals surface area contributed by atoms with E-state index in [2.05, 4.69) is 33.3 Å². The first kappa shape index (κ1) is 16.6. The summed E-state index contributed by atoms with van der Waals surface area (Å²) in [4.78, 5) is 17.7. The van der Waals surface area contributed by atoms with Crippen LogP contribution >= 0.6 is 0 Å². The zero-order valence-electron chi connectivity index (χ0n) is 14.7. The number of aromatic nitrogens is 4. The summed E-state index contributed by atoms with van der Waals surface area (Å²) in [5.41, 5.74) is 3.05. The number of aryl methyl sites for hydroxylation is 1. The van der Waals surface area contributed by atoms with Gasteiger partial charge in [0.05, 0.1) is 6.04 Å². The first-order valence-electron chi connectivity index (χ1n) is 8.90. The van der Waals surface area contributed by atoms with Gasteiger partial charge in [-0.1, -0.05) is 13.0 Å². The van der Waals surface area contributed by atoms with Gasteiger partial charge in [0, 0.05) is 54.3 Å². The van der Waals surface area contributed by atoms with Gasteiger partial charge in [-0.15, -0.1) is 0 Å². The Balaban J connectivity index is 1.61. The number of ether oxygens (including phenoxy) is 1. The van der Waals surface area contributed by atoms with Crippen LogP contribution < -0.4 is 5.32 Å². The smallest absolute Gasteiger partial charge is 0.161 e. The van der Waals surface area contributed by atoms with Crippen LogP contribution in [0.25, 0.3) is 11.4 Å². The molecule has 0 aromatic carbocycles. The van der Waals surface area contributed by atoms with Gasteiger partial charge < -0.3 is 10.1 Å². The molecule has 1 aliphatic heterocycles. The summed E-state index contributed by atoms with van der Waals surface area (Å²) in [6.07, 6.45) is 8.91. The molecule has 4 rings (SSSR count). The van der Waals surface area contributed by atoms with Crippen LogP contribution in [0.4, 0.5) is 5.82 Å². The normalized spacial score (nSPS) is 19.4. The van der Waals surface area contributed by atoms with Crippen LogP contribution in [0.3, 0.4) is 0 Å². The molecule has 3 aromatic heterocycles. The largest absolute Gasteiger partial charge is 0.371 e. The quantitative estimate of drug-likeness (QED) is 0.762. The van der Waals surface area contributed by atoms with Crippen molar-refractivity contribution in [2.45, 2.75) is 31.9 Å². The van der Waals surface area contributed by atoms with Crippen molar-refractivity contribution in [2.24, 2.45) is 0 Å². The van der Waals surface area contributed by atoms with Crippen molar-refractivity contribution in [1.29, 1.82) is 0 Å². The molecular formula is C20H21N5O. The van der Waals surface area contributed by atoms with Gasteiger partial charge in [-0.05, 0) is 31.0 Å². The first-order chi connectivity index (χ1) is 12.8. The van der Waals surface area contributed by atoms with E-state index in [0.717, 1.165) is 42.1 Å². The Hall–Kier alpha value is -2.86. The zero-order valence-corrected chi connectivity index (χ0v) is 14.7. The van der Waals surface area contributed by atoms with E-state index in [-0.39, 0.29) is 12.1 Å². The number of hydrogen-bond donors (Lipinski definition) is 1. The first-order valence-corrected chi connectivity index (χ1v) is 8.90. The Kier molecular flexibility index (Phi) is 4.84. The fourth-order valence-electron chi connectivity index (χ4n) is 3.18. The van der Waals surface area contributed by atoms with Gasteiger partial charge in [0.2, 0.25) is 0 Å². The second kappa shape index (κ2) is 7.58. The molecule has 1 N–H and O–H groups in total. The molecule has 6 heteroatoms. The van der Waals surface area contributed by atoms with Crippen LogP contribution in [0.1, 0.15) is 30.7 Å². The van der Waals surface area contributed by atoms with E-state index in [9.17, 15) is 0 Å². The molecule has 3 aromatic rings. The summed E-state index contributed by atoms with van der Waals surface area (Å²) < 4.78 is 5.94. The van der Waals surface area contributed by atoms with E-state index in [0.29, 0.717) is 5.82 Å². The fraction of sp³-hybridized carbons (Fsp3) is 0.300. The average molecular weight is 347 g/mol. The summed E-state index contributed by atoms with van der Waals surface area (Å²) in [5.74, 6) is 1.54. The molecule has 1 fully saturated rings. The van der Waals surface area contributed by atoms with E-state index in [1.54, 1.807) is 18.6 Å². The highest BCUT2D eigenvalue weighted by Crippen LogP contribution is 2.31. The Morgan fingerprint density at radius 3 is 2.77 bits per heavy atom. The molecule has 0 spiro atoms. The van der Waals surface area contributed by atoms with Gasteiger partial charge in [-0.25, -0.2) is 9.97 Å². The third kappa shape index (κ3) is 3.55. The Bertz CT molecular complexity index is 857. The minimum atomic E-state index is -0.0203. The molecule has 0 amide bonds. The highest BCUT2D eigenvalue weighted by Gasteiger charge is 2.30. The van der Waals surface area contributed by atoms with Crippen LogP contribution in [0.2, 0.25) is 0 Å². The molecule has 6 nitrogen and oxygen atoms in total. The van der Waals surface area contributed by atoms with E-state index < -0.39 is 0 Å². The molecule has 0 radical (unpaired) electrons. The van der Waals surface area contributed by atoms with Gasteiger partial charge in [0.15, 0.2) is 5.82 Å². The van der Waals surface area contributed by atoms with Crippen LogP contribution in [0.5, 0.6) is 0 Å². The van der Waals surface area contributed by atoms with Crippen LogP contribution in [-0.4, -0.2) is 32.6 Å². The molecule has 0 saturated carbocycles. The number of nitrogens with zero attached hydrogens (tertiary/aromatic N) is 4. The zero-order chi connectivity index (χ0) is 17.8. The number of nitrogens with one attached hydrogen (secondary N) is 1. The minimum absolute atomic E-state index is 0.0203. The second-order valence-corrected chi connectivity index (χ2v) is 6.27. The van der Waals surface area contributed by atoms with Crippen molar-refractivity contribution in [1.82, 2.24) is 19.9 Å². The highest BCUT2D eigenvalue weighted by atomic mass is 16.5. The molecular weight excluding hydrogens is 326 g/mol. The molecule has 26 heavy (non-hydrogen) atoms. The maximum Gasteiger partial charge on any atom is 0.161 e. The Morgan fingerprint density at radius 1 is 1.12 bits per heavy atom. The summed E-state index contributed by atoms with van der Waals surface area (Å²) in [6.45, 7) is 2.82. The minimum Gasteiger partial charge on any atom is -0.371 e. The molecule has 1 aliphatic rings. The van der Waals surface area contributed by atoms with Crippen molar-refractivity contribution >= 4 is 5.82 Å². The van der Waals surface area contributed by atoms with Gasteiger partial charge in [-0.2, -0.15) is 0 Å². The number of pyridine rings is 2. The van der Waals surface area contributed by atoms with Gasteiger partial charge in [0.1, 0.15) is 11.9 Å². The highest BCUT2D eigenvalue weighted by molar-refractivity contribution is 5.57. The lowest BCUT2D eigenvalue weighted by Gasteiger charge is -2.21. The average Bonchev–Trinajstić information content (AvgIpc) is 3.17. The van der Waals surface area contributed by atoms with Gasteiger partial charge in [-0.3, -0.25) is 9.97 Å². The summed E-state index contributed by atoms with van der Waals surface area (Å²) in [6, 6.07) is 10.0. The third-order valence-corrected chi connectivity index (χ3v) is 4.52. The standard InChI is InChI=1S/C20H21N5O/c1-2-16-12-18(25-20(23-16)14-5-9-21-10-6-14)24-17-7-11-26-19(17)15-4-3-8-22-13-15/h3-6,8-10,12-13,17,19H,2,7,11H2,1H3,(H,23,24,25)/t17-,19+/m0/s1. The predicted molar refractivity (Wildman–Crippen MR) is 99.6 cm³/mol. The second-order valence-electron chi connectivity index (χ2n) is 6.27. The third-order valence-electron chi connectivity index (χ3n) is 4.52. The van der Waals surface area contributed by atoms with Crippen molar-refractivity contribution < 1.29 is 4.74 Å². The maximum atomic E-state index is 5.94. The lowest BCUT2D eigenvalue weighted by Crippen LogP contribution is -2.24. The van der Waals surface area contributed by atoms with Crippen LogP contribution in [-0.2, 0) is 11.2 Å². The van der Waals surface area contributed by atoms with E-state index in [1.165, 1.54) is 0 Å². The molecule has 1 saturated heterocycles. The van der Waals surface area contributed by atoms with Gasteiger partial charge in [0.25, 0.3) is 0 Å². The monoisotopic (exact) mass is 347 g/mol. The van der Waals surface area contributed by atoms with E-state index >= 15 is 0 Å². The lowest BCUT2D eigenvalue weighted by atomic mass is 10.0. The fourth-order valence-corrected chi connectivity index (χ4v) is 3.18. The lowest BCUT2D eigenvalue weighted by molar-refractivity contribution is 0.107. The molecule has 4 heterocycles. The molecule has 2 atom stereocenters. The van der Waals surface area contributed by atoms with Crippen LogP contribution in [0, 0.1) is 0 Å². The molecule has 132 valence electrons. The number of rotatable bonds is 5. The molecule has 0 bridgehead atoms. The predicted octanol–water partition coefficient (Wildman–Crippen LogP) is 3.44. The molecule has 0 aliphatic carbocycles. The molecule has 0 unspecified atom stereocenters. The van der Waals surface area contributed by atoms with Crippen molar-refractivity contribution in [3.63, 3.8) is 0 Å². The van der Waals surface area contributed by atoms with Crippen molar-refractivity contribution in [3.05, 3.63) is 66.4 Å². The maximum absolute atomic E-state index is 5.94. The summed E-state index contributed by atoms with van der Waals surface area (Å²) in [7, 11) is 0. The topological polar surface area (TPSA) is 72.8 Å². The summed E-state index contributed by atoms with van der Waals surface area (Å²) >= 11 is 0. The van der Waals surface area contributed by atoms with Crippen molar-refractivity contribution in [3.8, 4) is 11.4 Å². The van der Waals surface area contributed by atoms with Crippen molar-refractivity contribution in [2.75, 3.05) is 11.9 Å². The number of anilines is 1. The van der Waals surface area contributed by atoms with E-state index in [4.69, 9.17) is 9.72 Å². The number of hydrogen-bond acceptors (Lipinski definition) is 6. The SMILES string of the molecule is CCc1cc(N[C@H]2CCO[C@@H]2c2cccnc2)nc(-c2ccncc2)n1.